The van der Waals surface area contributed by atoms with Crippen LogP contribution in [0.5, 0.6) is 0 Å². The number of furan rings is 1. The van der Waals surface area contributed by atoms with E-state index in [0.29, 0.717) is 28.7 Å². The molecule has 0 atom stereocenters. The largest absolute Gasteiger partial charge is 0.460 e. The van der Waals surface area contributed by atoms with Crippen molar-refractivity contribution in [3.05, 3.63) is 46.9 Å². The van der Waals surface area contributed by atoms with Gasteiger partial charge in [-0.05, 0) is 30.3 Å². The normalized spacial score (nSPS) is 10.6. The molecule has 15 heavy (non-hydrogen) atoms. The summed E-state index contributed by atoms with van der Waals surface area (Å²) in [5, 5.41) is 0.453. The lowest BCUT2D eigenvalue weighted by Crippen LogP contribution is -1.92. The van der Waals surface area contributed by atoms with Crippen molar-refractivity contribution in [3.8, 4) is 11.3 Å². The van der Waals surface area contributed by atoms with Crippen molar-refractivity contribution in [1.82, 2.24) is 0 Å². The van der Waals surface area contributed by atoms with Crippen LogP contribution in [0.3, 0.4) is 0 Å². The number of nitrogens with two attached hydrogens (primary N) is 1. The number of halogens is 2. The van der Waals surface area contributed by atoms with Crippen LogP contribution < -0.4 is 5.73 Å². The average molecular weight is 226 g/mol. The highest BCUT2D eigenvalue weighted by Crippen LogP contribution is 2.29. The molecule has 1 heterocycles. The quantitative estimate of drug-likeness (QED) is 0.853. The smallest absolute Gasteiger partial charge is 0.135 e. The molecule has 2 rings (SSSR count). The molecule has 1 aromatic carbocycles. The molecule has 0 aliphatic rings. The first-order valence-corrected chi connectivity index (χ1v) is 4.82. The monoisotopic (exact) mass is 225 g/mol. The Morgan fingerprint density at radius 2 is 2.07 bits per heavy atom. The molecule has 2 aromatic rings. The van der Waals surface area contributed by atoms with Gasteiger partial charge < -0.3 is 10.2 Å². The first-order chi connectivity index (χ1) is 7.20. The Bertz CT molecular complexity index is 481. The van der Waals surface area contributed by atoms with Crippen molar-refractivity contribution in [3.63, 3.8) is 0 Å². The topological polar surface area (TPSA) is 39.2 Å². The van der Waals surface area contributed by atoms with Gasteiger partial charge in [0.2, 0.25) is 0 Å². The molecule has 0 bridgehead atoms. The second-order valence-corrected chi connectivity index (χ2v) is 3.50. The van der Waals surface area contributed by atoms with E-state index >= 15 is 0 Å². The average Bonchev–Trinajstić information content (AvgIpc) is 2.70. The summed E-state index contributed by atoms with van der Waals surface area (Å²) in [6, 6.07) is 7.61. The molecular weight excluding hydrogens is 217 g/mol. The van der Waals surface area contributed by atoms with Crippen molar-refractivity contribution < 1.29 is 8.81 Å². The van der Waals surface area contributed by atoms with Gasteiger partial charge in [0.05, 0.1) is 11.6 Å². The second-order valence-electron chi connectivity index (χ2n) is 3.09. The Balaban J connectivity index is 2.48. The lowest BCUT2D eigenvalue weighted by molar-refractivity contribution is 0.524. The van der Waals surface area contributed by atoms with Crippen molar-refractivity contribution in [2.45, 2.75) is 6.54 Å². The highest BCUT2D eigenvalue weighted by atomic mass is 35.5. The fraction of sp³-hybridized carbons (Fsp3) is 0.0909. The van der Waals surface area contributed by atoms with E-state index in [1.807, 2.05) is 0 Å². The summed E-state index contributed by atoms with van der Waals surface area (Å²) in [5.41, 5.74) is 5.95. The summed E-state index contributed by atoms with van der Waals surface area (Å²) in [6.45, 7) is 0.312. The molecule has 0 aliphatic heterocycles. The van der Waals surface area contributed by atoms with Crippen LogP contribution in [0.15, 0.2) is 34.7 Å². The third kappa shape index (κ3) is 2.03. The molecule has 1 aromatic heterocycles. The summed E-state index contributed by atoms with van der Waals surface area (Å²) < 4.78 is 18.4. The molecule has 0 saturated carbocycles. The summed E-state index contributed by atoms with van der Waals surface area (Å²) >= 11 is 5.93. The third-order valence-corrected chi connectivity index (χ3v) is 2.39. The van der Waals surface area contributed by atoms with Gasteiger partial charge in [-0.15, -0.1) is 0 Å². The number of hydrogen-bond acceptors (Lipinski definition) is 2. The van der Waals surface area contributed by atoms with E-state index in [1.165, 1.54) is 18.2 Å². The van der Waals surface area contributed by atoms with Crippen LogP contribution in [-0.4, -0.2) is 0 Å². The Kier molecular flexibility index (Phi) is 2.75. The van der Waals surface area contributed by atoms with E-state index in [9.17, 15) is 4.39 Å². The van der Waals surface area contributed by atoms with E-state index in [2.05, 4.69) is 0 Å². The van der Waals surface area contributed by atoms with E-state index < -0.39 is 0 Å². The van der Waals surface area contributed by atoms with E-state index in [4.69, 9.17) is 21.8 Å². The Hall–Kier alpha value is -1.32. The first-order valence-electron chi connectivity index (χ1n) is 4.45. The molecule has 0 spiro atoms. The molecule has 0 fully saturated rings. The standard InChI is InChI=1S/C11H9ClFNO/c12-10-3-1-7(13)5-9(10)11-4-2-8(6-14)15-11/h1-5H,6,14H2. The predicted octanol–water partition coefficient (Wildman–Crippen LogP) is 3.20. The first kappa shape index (κ1) is 10.2. The third-order valence-electron chi connectivity index (χ3n) is 2.06. The van der Waals surface area contributed by atoms with Crippen LogP contribution in [0.25, 0.3) is 11.3 Å². The number of benzene rings is 1. The van der Waals surface area contributed by atoms with Gasteiger partial charge in [-0.2, -0.15) is 0 Å². The Morgan fingerprint density at radius 1 is 1.27 bits per heavy atom. The van der Waals surface area contributed by atoms with Crippen molar-refractivity contribution in [2.75, 3.05) is 0 Å². The maximum atomic E-state index is 13.0. The predicted molar refractivity (Wildman–Crippen MR) is 57.0 cm³/mol. The van der Waals surface area contributed by atoms with Gasteiger partial charge in [0.25, 0.3) is 0 Å². The van der Waals surface area contributed by atoms with Crippen molar-refractivity contribution >= 4 is 11.6 Å². The summed E-state index contributed by atoms with van der Waals surface area (Å²) in [4.78, 5) is 0. The van der Waals surface area contributed by atoms with Crippen LogP contribution in [0.4, 0.5) is 4.39 Å². The van der Waals surface area contributed by atoms with Crippen LogP contribution in [0, 0.1) is 5.82 Å². The van der Waals surface area contributed by atoms with Crippen molar-refractivity contribution in [1.29, 1.82) is 0 Å². The van der Waals surface area contributed by atoms with Crippen LogP contribution in [0.2, 0.25) is 5.02 Å². The molecule has 0 amide bonds. The maximum absolute atomic E-state index is 13.0. The van der Waals surface area contributed by atoms with Gasteiger partial charge in [-0.3, -0.25) is 0 Å². The van der Waals surface area contributed by atoms with Crippen molar-refractivity contribution in [2.24, 2.45) is 5.73 Å². The lowest BCUT2D eigenvalue weighted by Gasteiger charge is -2.00. The minimum Gasteiger partial charge on any atom is -0.460 e. The van der Waals surface area contributed by atoms with E-state index in [-0.39, 0.29) is 5.82 Å². The van der Waals surface area contributed by atoms with Gasteiger partial charge >= 0.3 is 0 Å². The Morgan fingerprint density at radius 3 is 2.73 bits per heavy atom. The fourth-order valence-corrected chi connectivity index (χ4v) is 1.53. The van der Waals surface area contributed by atoms with Gasteiger partial charge in [0.15, 0.2) is 0 Å². The van der Waals surface area contributed by atoms with Gasteiger partial charge in [0, 0.05) is 5.56 Å². The van der Waals surface area contributed by atoms with Crippen LogP contribution in [-0.2, 0) is 6.54 Å². The SMILES string of the molecule is NCc1ccc(-c2cc(F)ccc2Cl)o1. The maximum Gasteiger partial charge on any atom is 0.135 e. The molecule has 2 nitrogen and oxygen atoms in total. The van der Waals surface area contributed by atoms with Crippen LogP contribution >= 0.6 is 11.6 Å². The molecule has 0 saturated heterocycles. The fourth-order valence-electron chi connectivity index (χ4n) is 1.32. The molecule has 78 valence electrons. The van der Waals surface area contributed by atoms with Gasteiger partial charge in [-0.1, -0.05) is 11.6 Å². The highest BCUT2D eigenvalue weighted by molar-refractivity contribution is 6.33. The lowest BCUT2D eigenvalue weighted by atomic mass is 10.2. The van der Waals surface area contributed by atoms with E-state index in [0.717, 1.165) is 0 Å². The second kappa shape index (κ2) is 4.04. The number of rotatable bonds is 2. The molecule has 2 N–H and O–H groups in total. The summed E-state index contributed by atoms with van der Waals surface area (Å²) in [6.07, 6.45) is 0. The zero-order chi connectivity index (χ0) is 10.8. The zero-order valence-electron chi connectivity index (χ0n) is 7.84. The molecule has 4 heteroatoms. The molecular formula is C11H9ClFNO. The minimum atomic E-state index is -0.347. The zero-order valence-corrected chi connectivity index (χ0v) is 8.59. The molecule has 0 radical (unpaired) electrons. The molecule has 0 aliphatic carbocycles. The number of hydrogen-bond donors (Lipinski definition) is 1. The highest BCUT2D eigenvalue weighted by Gasteiger charge is 2.09. The van der Waals surface area contributed by atoms with Gasteiger partial charge in [0.1, 0.15) is 17.3 Å². The van der Waals surface area contributed by atoms with Gasteiger partial charge in [-0.25, -0.2) is 4.39 Å². The Labute approximate surface area is 91.5 Å². The van der Waals surface area contributed by atoms with Crippen LogP contribution in [0.1, 0.15) is 5.76 Å². The minimum absolute atomic E-state index is 0.312. The summed E-state index contributed by atoms with van der Waals surface area (Å²) in [5.74, 6) is 0.824. The van der Waals surface area contributed by atoms with E-state index in [1.54, 1.807) is 12.1 Å². The molecule has 0 unspecified atom stereocenters. The summed E-state index contributed by atoms with van der Waals surface area (Å²) in [7, 11) is 0.